The van der Waals surface area contributed by atoms with E-state index in [-0.39, 0.29) is 6.04 Å². The SMILES string of the molecule is Cc1ccc(C(c2ccc(Br)cc2)N2CCCCC2C(=O)O)c(C)c1. The van der Waals surface area contributed by atoms with Crippen LogP contribution in [0.5, 0.6) is 0 Å². The minimum atomic E-state index is -0.716. The summed E-state index contributed by atoms with van der Waals surface area (Å²) >= 11 is 3.50. The minimum absolute atomic E-state index is 0.0323. The number of aliphatic carboxylic acids is 1. The second-order valence-corrected chi connectivity index (χ2v) is 7.82. The molecule has 0 aromatic heterocycles. The second kappa shape index (κ2) is 7.71. The fourth-order valence-electron chi connectivity index (χ4n) is 3.86. The summed E-state index contributed by atoms with van der Waals surface area (Å²) in [6, 6.07) is 14.3. The van der Waals surface area contributed by atoms with Gasteiger partial charge in [-0.3, -0.25) is 9.69 Å². The van der Waals surface area contributed by atoms with E-state index in [1.807, 2.05) is 12.1 Å². The molecule has 25 heavy (non-hydrogen) atoms. The first kappa shape index (κ1) is 18.2. The van der Waals surface area contributed by atoms with Gasteiger partial charge in [0.1, 0.15) is 6.04 Å². The van der Waals surface area contributed by atoms with Gasteiger partial charge < -0.3 is 5.11 Å². The van der Waals surface area contributed by atoms with Crippen LogP contribution in [0.15, 0.2) is 46.9 Å². The molecule has 3 nitrogen and oxygen atoms in total. The molecular formula is C21H24BrNO2. The van der Waals surface area contributed by atoms with Crippen molar-refractivity contribution in [3.63, 3.8) is 0 Å². The molecule has 0 aliphatic carbocycles. The van der Waals surface area contributed by atoms with Gasteiger partial charge in [0.05, 0.1) is 6.04 Å². The molecule has 1 heterocycles. The molecule has 2 atom stereocenters. The molecule has 3 rings (SSSR count). The number of halogens is 1. The highest BCUT2D eigenvalue weighted by Crippen LogP contribution is 2.36. The van der Waals surface area contributed by atoms with Crippen LogP contribution in [0.3, 0.4) is 0 Å². The number of aryl methyl sites for hydroxylation is 2. The predicted octanol–water partition coefficient (Wildman–Crippen LogP) is 5.09. The average Bonchev–Trinajstić information content (AvgIpc) is 2.59. The Morgan fingerprint density at radius 1 is 1.16 bits per heavy atom. The fraction of sp³-hybridized carbons (Fsp3) is 0.381. The molecule has 2 aromatic rings. The standard InChI is InChI=1S/C21H24BrNO2/c1-14-6-11-18(15(2)13-14)20(16-7-9-17(22)10-8-16)23-12-4-3-5-19(23)21(24)25/h6-11,13,19-20H,3-5,12H2,1-2H3,(H,24,25). The van der Waals surface area contributed by atoms with Crippen LogP contribution in [0, 0.1) is 13.8 Å². The quantitative estimate of drug-likeness (QED) is 0.774. The molecule has 0 amide bonds. The lowest BCUT2D eigenvalue weighted by Crippen LogP contribution is -2.47. The van der Waals surface area contributed by atoms with Crippen LogP contribution in [-0.4, -0.2) is 28.6 Å². The van der Waals surface area contributed by atoms with Crippen LogP contribution < -0.4 is 0 Å². The summed E-state index contributed by atoms with van der Waals surface area (Å²) in [5.41, 5.74) is 4.77. The number of benzene rings is 2. The molecule has 1 aliphatic rings. The van der Waals surface area contributed by atoms with E-state index in [0.717, 1.165) is 29.4 Å². The summed E-state index contributed by atoms with van der Waals surface area (Å²) in [6.07, 6.45) is 2.74. The largest absolute Gasteiger partial charge is 0.480 e. The smallest absolute Gasteiger partial charge is 0.320 e. The zero-order valence-electron chi connectivity index (χ0n) is 14.7. The van der Waals surface area contributed by atoms with Gasteiger partial charge in [0.2, 0.25) is 0 Å². The summed E-state index contributed by atoms with van der Waals surface area (Å²) in [5, 5.41) is 9.76. The molecule has 132 valence electrons. The van der Waals surface area contributed by atoms with Crippen molar-refractivity contribution < 1.29 is 9.90 Å². The van der Waals surface area contributed by atoms with Gasteiger partial charge in [0.15, 0.2) is 0 Å². The minimum Gasteiger partial charge on any atom is -0.480 e. The molecular weight excluding hydrogens is 378 g/mol. The summed E-state index contributed by atoms with van der Waals surface area (Å²) in [6.45, 7) is 5.02. The van der Waals surface area contributed by atoms with Crippen LogP contribution in [0.1, 0.15) is 47.6 Å². The number of carbonyl (C=O) groups is 1. The van der Waals surface area contributed by atoms with Gasteiger partial charge >= 0.3 is 5.97 Å². The Bertz CT molecular complexity index is 757. The summed E-state index contributed by atoms with van der Waals surface area (Å²) in [5.74, 6) is -0.716. The normalized spacial score (nSPS) is 19.6. The van der Waals surface area contributed by atoms with Crippen molar-refractivity contribution in [1.29, 1.82) is 0 Å². The summed E-state index contributed by atoms with van der Waals surface area (Å²) in [4.78, 5) is 14.0. The Labute approximate surface area is 157 Å². The van der Waals surface area contributed by atoms with Crippen molar-refractivity contribution in [3.05, 3.63) is 69.2 Å². The van der Waals surface area contributed by atoms with Gasteiger partial charge in [-0.25, -0.2) is 0 Å². The molecule has 0 saturated carbocycles. The number of hydrogen-bond acceptors (Lipinski definition) is 2. The van der Waals surface area contributed by atoms with E-state index in [0.29, 0.717) is 6.42 Å². The van der Waals surface area contributed by atoms with E-state index in [4.69, 9.17) is 0 Å². The molecule has 4 heteroatoms. The maximum atomic E-state index is 11.9. The Kier molecular flexibility index (Phi) is 5.60. The van der Waals surface area contributed by atoms with Crippen molar-refractivity contribution in [2.45, 2.75) is 45.2 Å². The first-order valence-electron chi connectivity index (χ1n) is 8.78. The topological polar surface area (TPSA) is 40.5 Å². The summed E-state index contributed by atoms with van der Waals surface area (Å²) in [7, 11) is 0. The lowest BCUT2D eigenvalue weighted by atomic mass is 9.89. The highest BCUT2D eigenvalue weighted by Gasteiger charge is 2.35. The third-order valence-corrected chi connectivity index (χ3v) is 5.60. The molecule has 0 spiro atoms. The fourth-order valence-corrected chi connectivity index (χ4v) is 4.12. The summed E-state index contributed by atoms with van der Waals surface area (Å²) < 4.78 is 1.03. The van der Waals surface area contributed by atoms with Crippen LogP contribution in [-0.2, 0) is 4.79 Å². The molecule has 0 bridgehead atoms. The molecule has 1 fully saturated rings. The van der Waals surface area contributed by atoms with Crippen molar-refractivity contribution in [2.24, 2.45) is 0 Å². The van der Waals surface area contributed by atoms with Crippen LogP contribution >= 0.6 is 15.9 Å². The molecule has 2 aromatic carbocycles. The van der Waals surface area contributed by atoms with E-state index in [1.54, 1.807) is 0 Å². The zero-order valence-corrected chi connectivity index (χ0v) is 16.3. The van der Waals surface area contributed by atoms with Crippen molar-refractivity contribution in [2.75, 3.05) is 6.54 Å². The first-order chi connectivity index (χ1) is 12.0. The number of nitrogens with zero attached hydrogens (tertiary/aromatic N) is 1. The van der Waals surface area contributed by atoms with Crippen LogP contribution in [0.2, 0.25) is 0 Å². The molecule has 0 radical (unpaired) electrons. The Morgan fingerprint density at radius 3 is 2.52 bits per heavy atom. The van der Waals surface area contributed by atoms with Crippen molar-refractivity contribution in [3.8, 4) is 0 Å². The first-order valence-corrected chi connectivity index (χ1v) is 9.58. The number of carboxylic acid groups (broad SMARTS) is 1. The molecule has 2 unspecified atom stereocenters. The Hall–Kier alpha value is -1.65. The maximum absolute atomic E-state index is 11.9. The number of likely N-dealkylation sites (tertiary alicyclic amines) is 1. The Balaban J connectivity index is 2.10. The number of hydrogen-bond donors (Lipinski definition) is 1. The van der Waals surface area contributed by atoms with E-state index >= 15 is 0 Å². The monoisotopic (exact) mass is 401 g/mol. The van der Waals surface area contributed by atoms with E-state index in [1.165, 1.54) is 16.7 Å². The van der Waals surface area contributed by atoms with E-state index < -0.39 is 12.0 Å². The molecule has 1 N–H and O–H groups in total. The highest BCUT2D eigenvalue weighted by molar-refractivity contribution is 9.10. The average molecular weight is 402 g/mol. The van der Waals surface area contributed by atoms with E-state index in [9.17, 15) is 9.90 Å². The van der Waals surface area contributed by atoms with Gasteiger partial charge in [-0.1, -0.05) is 58.2 Å². The maximum Gasteiger partial charge on any atom is 0.320 e. The van der Waals surface area contributed by atoms with Gasteiger partial charge in [0, 0.05) is 4.47 Å². The number of piperidine rings is 1. The third-order valence-electron chi connectivity index (χ3n) is 5.07. The van der Waals surface area contributed by atoms with Gasteiger partial charge in [-0.2, -0.15) is 0 Å². The van der Waals surface area contributed by atoms with Crippen LogP contribution in [0.4, 0.5) is 0 Å². The van der Waals surface area contributed by atoms with Gasteiger partial charge in [-0.15, -0.1) is 0 Å². The Morgan fingerprint density at radius 2 is 1.88 bits per heavy atom. The second-order valence-electron chi connectivity index (χ2n) is 6.90. The third kappa shape index (κ3) is 3.96. The molecule has 1 saturated heterocycles. The lowest BCUT2D eigenvalue weighted by Gasteiger charge is -2.40. The number of carboxylic acids is 1. The zero-order chi connectivity index (χ0) is 18.0. The van der Waals surface area contributed by atoms with Gasteiger partial charge in [-0.05, 0) is 62.1 Å². The van der Waals surface area contributed by atoms with Crippen LogP contribution in [0.25, 0.3) is 0 Å². The van der Waals surface area contributed by atoms with E-state index in [2.05, 4.69) is 65.0 Å². The number of rotatable bonds is 4. The lowest BCUT2D eigenvalue weighted by molar-refractivity contribution is -0.145. The highest BCUT2D eigenvalue weighted by atomic mass is 79.9. The van der Waals surface area contributed by atoms with Gasteiger partial charge in [0.25, 0.3) is 0 Å². The van der Waals surface area contributed by atoms with Crippen molar-refractivity contribution >= 4 is 21.9 Å². The molecule has 1 aliphatic heterocycles. The van der Waals surface area contributed by atoms with Crippen molar-refractivity contribution in [1.82, 2.24) is 4.90 Å². The predicted molar refractivity (Wildman–Crippen MR) is 104 cm³/mol.